The minimum atomic E-state index is 0.0469. The molecule has 1 heterocycles. The molecular weight excluding hydrogens is 248 g/mol. The van der Waals surface area contributed by atoms with Gasteiger partial charge in [-0.25, -0.2) is 0 Å². The third-order valence-electron chi connectivity index (χ3n) is 2.98. The van der Waals surface area contributed by atoms with Crippen molar-refractivity contribution in [3.05, 3.63) is 35.9 Å². The second-order valence-corrected chi connectivity index (χ2v) is 4.92. The first-order valence-corrected chi connectivity index (χ1v) is 7.61. The normalized spacial score (nSPS) is 16.9. The van der Waals surface area contributed by atoms with Crippen molar-refractivity contribution in [1.82, 2.24) is 10.2 Å². The first-order valence-electron chi connectivity index (χ1n) is 7.61. The van der Waals surface area contributed by atoms with Crippen molar-refractivity contribution in [2.45, 2.75) is 46.1 Å². The number of carbonyl (C=O) groups is 1. The van der Waals surface area contributed by atoms with Gasteiger partial charge in [-0.1, -0.05) is 38.5 Å². The van der Waals surface area contributed by atoms with Crippen LogP contribution in [0.4, 0.5) is 0 Å². The third-order valence-corrected chi connectivity index (χ3v) is 2.98. The largest absolute Gasteiger partial charge is 0.345 e. The molecule has 1 aromatic carbocycles. The van der Waals surface area contributed by atoms with Crippen molar-refractivity contribution in [3.63, 3.8) is 0 Å². The van der Waals surface area contributed by atoms with E-state index in [0.29, 0.717) is 0 Å². The van der Waals surface area contributed by atoms with Crippen LogP contribution in [0.25, 0.3) is 0 Å². The molecule has 1 aliphatic rings. The van der Waals surface area contributed by atoms with Crippen LogP contribution in [0.1, 0.15) is 50.4 Å². The molecule has 1 aromatic rings. The van der Waals surface area contributed by atoms with Crippen molar-refractivity contribution < 1.29 is 4.79 Å². The molecule has 1 atom stereocenters. The molecule has 0 spiro atoms. The van der Waals surface area contributed by atoms with Gasteiger partial charge in [0.15, 0.2) is 0 Å². The van der Waals surface area contributed by atoms with Gasteiger partial charge in [0, 0.05) is 25.7 Å². The first-order chi connectivity index (χ1) is 9.61. The zero-order chi connectivity index (χ0) is 15.4. The lowest BCUT2D eigenvalue weighted by molar-refractivity contribution is 0.0827. The molecule has 3 heteroatoms. The highest BCUT2D eigenvalue weighted by Gasteiger charge is 2.05. The van der Waals surface area contributed by atoms with Crippen LogP contribution in [0.3, 0.4) is 0 Å². The van der Waals surface area contributed by atoms with Gasteiger partial charge in [0.2, 0.25) is 0 Å². The molecule has 0 saturated carbocycles. The number of benzene rings is 1. The fourth-order valence-corrected chi connectivity index (χ4v) is 1.86. The number of carbonyl (C=O) groups excluding carboxylic acids is 1. The van der Waals surface area contributed by atoms with E-state index >= 15 is 0 Å². The highest BCUT2D eigenvalue weighted by molar-refractivity contribution is 5.93. The molecule has 1 saturated heterocycles. The Morgan fingerprint density at radius 1 is 1.15 bits per heavy atom. The van der Waals surface area contributed by atoms with Gasteiger partial charge in [-0.2, -0.15) is 0 Å². The van der Waals surface area contributed by atoms with Gasteiger partial charge in [0.05, 0.1) is 0 Å². The van der Waals surface area contributed by atoms with E-state index in [-0.39, 0.29) is 5.91 Å². The molecule has 2 rings (SSSR count). The van der Waals surface area contributed by atoms with Crippen LogP contribution in [0.2, 0.25) is 0 Å². The van der Waals surface area contributed by atoms with Gasteiger partial charge >= 0.3 is 0 Å². The monoisotopic (exact) mass is 278 g/mol. The molecule has 1 N–H and O–H groups in total. The Labute approximate surface area is 124 Å². The topological polar surface area (TPSA) is 32.3 Å². The first kappa shape index (κ1) is 18.7. The number of piperidine rings is 1. The van der Waals surface area contributed by atoms with E-state index in [9.17, 15) is 4.79 Å². The summed E-state index contributed by atoms with van der Waals surface area (Å²) in [6.45, 7) is 7.49. The number of rotatable bonds is 1. The Kier molecular flexibility index (Phi) is 10.7. The number of nitrogens with one attached hydrogen (secondary N) is 1. The van der Waals surface area contributed by atoms with E-state index < -0.39 is 0 Å². The van der Waals surface area contributed by atoms with Crippen LogP contribution in [0.15, 0.2) is 30.3 Å². The van der Waals surface area contributed by atoms with Gasteiger partial charge in [-0.3, -0.25) is 4.79 Å². The molecule has 1 aliphatic heterocycles. The van der Waals surface area contributed by atoms with E-state index in [4.69, 9.17) is 0 Å². The standard InChI is InChI=1S/C9H11NO.C6H13N.C2H6/c1-10(2)9(11)8-6-4-3-5-7-8;1-6-4-2-3-5-7-6;1-2/h3-7H,1-2H3;6-7H,2-5H2,1H3;1-2H3. The summed E-state index contributed by atoms with van der Waals surface area (Å²) in [7, 11) is 3.49. The average Bonchev–Trinajstić information content (AvgIpc) is 2.51. The Balaban J connectivity index is 0.000000345. The molecule has 1 amide bonds. The van der Waals surface area contributed by atoms with Crippen LogP contribution in [-0.4, -0.2) is 37.5 Å². The summed E-state index contributed by atoms with van der Waals surface area (Å²) >= 11 is 0. The SMILES string of the molecule is CC.CC1CCCCN1.CN(C)C(=O)c1ccccc1. The Morgan fingerprint density at radius 3 is 2.10 bits per heavy atom. The number of nitrogens with zero attached hydrogens (tertiary/aromatic N) is 1. The molecule has 114 valence electrons. The molecule has 0 aliphatic carbocycles. The summed E-state index contributed by atoms with van der Waals surface area (Å²) in [6.07, 6.45) is 4.18. The van der Waals surface area contributed by atoms with Crippen molar-refractivity contribution in [1.29, 1.82) is 0 Å². The maximum absolute atomic E-state index is 11.3. The molecule has 1 unspecified atom stereocenters. The third kappa shape index (κ3) is 7.95. The lowest BCUT2D eigenvalue weighted by Crippen LogP contribution is -2.30. The molecular formula is C17H30N2O. The van der Waals surface area contributed by atoms with E-state index in [1.165, 1.54) is 25.8 Å². The van der Waals surface area contributed by atoms with E-state index in [2.05, 4.69) is 12.2 Å². The highest BCUT2D eigenvalue weighted by atomic mass is 16.2. The summed E-state index contributed by atoms with van der Waals surface area (Å²) in [4.78, 5) is 12.8. The minimum Gasteiger partial charge on any atom is -0.345 e. The average molecular weight is 278 g/mol. The van der Waals surface area contributed by atoms with Crippen molar-refractivity contribution >= 4 is 5.91 Å². The lowest BCUT2D eigenvalue weighted by Gasteiger charge is -2.18. The fraction of sp³-hybridized carbons (Fsp3) is 0.588. The van der Waals surface area contributed by atoms with Crippen molar-refractivity contribution in [2.24, 2.45) is 0 Å². The molecule has 0 aromatic heterocycles. The predicted octanol–water partition coefficient (Wildman–Crippen LogP) is 3.56. The molecule has 1 fully saturated rings. The zero-order valence-corrected chi connectivity index (χ0v) is 13.6. The van der Waals surface area contributed by atoms with Gasteiger partial charge in [-0.15, -0.1) is 0 Å². The van der Waals surface area contributed by atoms with Gasteiger partial charge < -0.3 is 10.2 Å². The number of amides is 1. The van der Waals surface area contributed by atoms with E-state index in [1.807, 2.05) is 44.2 Å². The summed E-state index contributed by atoms with van der Waals surface area (Å²) < 4.78 is 0. The summed E-state index contributed by atoms with van der Waals surface area (Å²) in [5.74, 6) is 0.0469. The lowest BCUT2D eigenvalue weighted by atomic mass is 10.1. The molecule has 20 heavy (non-hydrogen) atoms. The number of hydrogen-bond acceptors (Lipinski definition) is 2. The summed E-state index contributed by atoms with van der Waals surface area (Å²) in [6, 6.07) is 10.0. The van der Waals surface area contributed by atoms with Crippen LogP contribution in [0, 0.1) is 0 Å². The van der Waals surface area contributed by atoms with Crippen molar-refractivity contribution in [3.8, 4) is 0 Å². The predicted molar refractivity (Wildman–Crippen MR) is 87.1 cm³/mol. The number of hydrogen-bond donors (Lipinski definition) is 1. The minimum absolute atomic E-state index is 0.0469. The Morgan fingerprint density at radius 2 is 1.75 bits per heavy atom. The molecule has 0 bridgehead atoms. The quantitative estimate of drug-likeness (QED) is 0.852. The van der Waals surface area contributed by atoms with Gasteiger partial charge in [0.1, 0.15) is 0 Å². The van der Waals surface area contributed by atoms with Crippen molar-refractivity contribution in [2.75, 3.05) is 20.6 Å². The van der Waals surface area contributed by atoms with Crippen LogP contribution in [-0.2, 0) is 0 Å². The molecule has 0 radical (unpaired) electrons. The second-order valence-electron chi connectivity index (χ2n) is 4.92. The van der Waals surface area contributed by atoms with Gasteiger partial charge in [-0.05, 0) is 38.4 Å². The fourth-order valence-electron chi connectivity index (χ4n) is 1.86. The van der Waals surface area contributed by atoms with Crippen LogP contribution >= 0.6 is 0 Å². The second kappa shape index (κ2) is 11.5. The highest BCUT2D eigenvalue weighted by Crippen LogP contribution is 2.04. The maximum atomic E-state index is 11.3. The maximum Gasteiger partial charge on any atom is 0.253 e. The zero-order valence-electron chi connectivity index (χ0n) is 13.6. The van der Waals surface area contributed by atoms with Crippen LogP contribution in [0.5, 0.6) is 0 Å². The smallest absolute Gasteiger partial charge is 0.253 e. The summed E-state index contributed by atoms with van der Waals surface area (Å²) in [5.41, 5.74) is 0.734. The van der Waals surface area contributed by atoms with E-state index in [0.717, 1.165) is 11.6 Å². The van der Waals surface area contributed by atoms with E-state index in [1.54, 1.807) is 19.0 Å². The van der Waals surface area contributed by atoms with Gasteiger partial charge in [0.25, 0.3) is 5.91 Å². The summed E-state index contributed by atoms with van der Waals surface area (Å²) in [5, 5.41) is 3.38. The molecule has 3 nitrogen and oxygen atoms in total. The Hall–Kier alpha value is -1.35. The Bertz CT molecular complexity index is 343. The van der Waals surface area contributed by atoms with Crippen LogP contribution < -0.4 is 5.32 Å².